The fraction of sp³-hybridized carbons (Fsp3) is 0. The van der Waals surface area contributed by atoms with Gasteiger partial charge in [-0.2, -0.15) is 0 Å². The molecule has 0 amide bonds. The predicted octanol–water partition coefficient (Wildman–Crippen LogP) is 4.67. The van der Waals surface area contributed by atoms with Gasteiger partial charge >= 0.3 is 26.2 Å². The zero-order valence-electron chi connectivity index (χ0n) is 12.6. The van der Waals surface area contributed by atoms with Crippen molar-refractivity contribution in [1.82, 2.24) is 0 Å². The topological polar surface area (TPSA) is 0 Å². The fourth-order valence-corrected chi connectivity index (χ4v) is 2.22. The third-order valence-electron chi connectivity index (χ3n) is 3.08. The first-order chi connectivity index (χ1) is 8.95. The third-order valence-corrected chi connectivity index (χ3v) is 3.08. The monoisotopic (exact) mass is 350 g/mol. The second kappa shape index (κ2) is 10.5. The minimum absolute atomic E-state index is 0. The molecule has 0 bridgehead atoms. The number of allylic oxidation sites excluding steroid dienone is 8. The first kappa shape index (κ1) is 20.8. The molecular formula is C20H20Zr+2. The van der Waals surface area contributed by atoms with Gasteiger partial charge in [0.2, 0.25) is 0 Å². The molecule has 0 saturated heterocycles. The van der Waals surface area contributed by atoms with E-state index in [1.165, 1.54) is 23.7 Å². The molecule has 102 valence electrons. The molecule has 4 rings (SSSR count). The van der Waals surface area contributed by atoms with Crippen LogP contribution in [0.5, 0.6) is 0 Å². The summed E-state index contributed by atoms with van der Waals surface area (Å²) in [5, 5.41) is 0. The summed E-state index contributed by atoms with van der Waals surface area (Å²) in [7, 11) is 0. The smallest absolute Gasteiger partial charge is 0.358 e. The Bertz CT molecular complexity index is 345. The average Bonchev–Trinajstić information content (AvgIpc) is 3.10. The summed E-state index contributed by atoms with van der Waals surface area (Å²) >= 11 is 0. The Kier molecular flexibility index (Phi) is 10.5. The molecule has 0 N–H and O–H groups in total. The molecule has 0 heterocycles. The zero-order valence-corrected chi connectivity index (χ0v) is 15.0. The quantitative estimate of drug-likeness (QED) is 0.556. The predicted molar refractivity (Wildman–Crippen MR) is 88.2 cm³/mol. The SMILES string of the molecule is [CH3-].[CH3-].[CH]1[CH][CH][CH][CH]1.[CH]1[C]2C=CC=C[C]2[C]2C=CC=C[C]12.[Zr+4]. The standard InChI is InChI=1S/C13H9.C5H5.2CH3.Zr/c1-3-7-12-10(5-1)9-11-6-2-4-8-13(11)12;1-2-4-5-3-1;;;/h1-9H;1-5H;2*1H3;/q;;2*-1;+4. The Hall–Kier alpha value is -0.157. The van der Waals surface area contributed by atoms with Crippen molar-refractivity contribution in [2.45, 2.75) is 0 Å². The van der Waals surface area contributed by atoms with Gasteiger partial charge < -0.3 is 14.9 Å². The largest absolute Gasteiger partial charge is 4.00 e. The van der Waals surface area contributed by atoms with E-state index in [0.29, 0.717) is 0 Å². The van der Waals surface area contributed by atoms with Gasteiger partial charge in [-0.25, -0.2) is 0 Å². The Morgan fingerprint density at radius 3 is 1.19 bits per heavy atom. The molecule has 4 aliphatic carbocycles. The molecule has 0 aliphatic heterocycles. The van der Waals surface area contributed by atoms with Crippen molar-refractivity contribution in [2.24, 2.45) is 0 Å². The van der Waals surface area contributed by atoms with Crippen LogP contribution >= 0.6 is 0 Å². The van der Waals surface area contributed by atoms with Gasteiger partial charge in [-0.15, -0.1) is 0 Å². The zero-order chi connectivity index (χ0) is 12.2. The van der Waals surface area contributed by atoms with Crippen molar-refractivity contribution < 1.29 is 26.2 Å². The molecule has 2 saturated carbocycles. The molecule has 0 aromatic rings. The van der Waals surface area contributed by atoms with Gasteiger partial charge in [0.15, 0.2) is 0 Å². The number of hydrogen-bond donors (Lipinski definition) is 0. The van der Waals surface area contributed by atoms with Crippen molar-refractivity contribution in [3.05, 3.63) is 126 Å². The minimum atomic E-state index is 0. The fourth-order valence-electron chi connectivity index (χ4n) is 2.22. The van der Waals surface area contributed by atoms with Crippen LogP contribution in [0.15, 0.2) is 48.6 Å². The maximum atomic E-state index is 2.24. The van der Waals surface area contributed by atoms with Gasteiger partial charge in [-0.1, -0.05) is 48.6 Å². The summed E-state index contributed by atoms with van der Waals surface area (Å²) in [4.78, 5) is 0. The van der Waals surface area contributed by atoms with Gasteiger partial charge in [-0.3, -0.25) is 0 Å². The summed E-state index contributed by atoms with van der Waals surface area (Å²) in [5.41, 5.74) is 0. The first-order valence-electron chi connectivity index (χ1n) is 6.15. The molecular weight excluding hydrogens is 331 g/mol. The molecule has 4 aliphatic rings. The molecule has 0 aromatic carbocycles. The van der Waals surface area contributed by atoms with Gasteiger partial charge in [0.1, 0.15) is 0 Å². The Labute approximate surface area is 151 Å². The molecule has 10 radical (unpaired) electrons. The Morgan fingerprint density at radius 1 is 0.476 bits per heavy atom. The summed E-state index contributed by atoms with van der Waals surface area (Å²) in [5.74, 6) is 5.39. The normalized spacial score (nSPS) is 23.2. The van der Waals surface area contributed by atoms with E-state index < -0.39 is 0 Å². The van der Waals surface area contributed by atoms with Crippen LogP contribution in [0.25, 0.3) is 0 Å². The van der Waals surface area contributed by atoms with Crippen molar-refractivity contribution in [3.63, 3.8) is 0 Å². The Balaban J connectivity index is 0.000000437. The van der Waals surface area contributed by atoms with Crippen molar-refractivity contribution in [3.8, 4) is 0 Å². The Morgan fingerprint density at radius 2 is 0.810 bits per heavy atom. The van der Waals surface area contributed by atoms with E-state index in [1.807, 2.05) is 32.1 Å². The second-order valence-corrected chi connectivity index (χ2v) is 4.28. The third kappa shape index (κ3) is 5.20. The molecule has 21 heavy (non-hydrogen) atoms. The van der Waals surface area contributed by atoms with Crippen LogP contribution in [0, 0.1) is 77.0 Å². The summed E-state index contributed by atoms with van der Waals surface area (Å²) in [6, 6.07) is 0. The number of hydrogen-bond acceptors (Lipinski definition) is 0. The minimum Gasteiger partial charge on any atom is -0.358 e. The second-order valence-electron chi connectivity index (χ2n) is 4.28. The molecule has 0 spiro atoms. The van der Waals surface area contributed by atoms with E-state index in [2.05, 4.69) is 55.0 Å². The van der Waals surface area contributed by atoms with E-state index >= 15 is 0 Å². The number of rotatable bonds is 0. The summed E-state index contributed by atoms with van der Waals surface area (Å²) in [6.45, 7) is 0. The van der Waals surface area contributed by atoms with Gasteiger partial charge in [-0.05, 0) is 38.5 Å². The van der Waals surface area contributed by atoms with Crippen LogP contribution in [0.2, 0.25) is 0 Å². The van der Waals surface area contributed by atoms with Crippen molar-refractivity contribution >= 4 is 0 Å². The van der Waals surface area contributed by atoms with E-state index in [9.17, 15) is 0 Å². The molecule has 0 atom stereocenters. The van der Waals surface area contributed by atoms with E-state index in [-0.39, 0.29) is 41.1 Å². The van der Waals surface area contributed by atoms with Crippen LogP contribution < -0.4 is 0 Å². The summed E-state index contributed by atoms with van der Waals surface area (Å²) in [6.07, 6.45) is 29.3. The van der Waals surface area contributed by atoms with Crippen LogP contribution in [-0.4, -0.2) is 0 Å². The molecule has 2 fully saturated rings. The molecule has 0 aromatic heterocycles. The maximum Gasteiger partial charge on any atom is 4.00 e. The van der Waals surface area contributed by atoms with E-state index in [1.54, 1.807) is 0 Å². The van der Waals surface area contributed by atoms with Gasteiger partial charge in [0.25, 0.3) is 0 Å². The van der Waals surface area contributed by atoms with Crippen LogP contribution in [-0.2, 0) is 26.2 Å². The van der Waals surface area contributed by atoms with Crippen LogP contribution in [0.1, 0.15) is 0 Å². The van der Waals surface area contributed by atoms with Crippen molar-refractivity contribution in [1.29, 1.82) is 0 Å². The maximum absolute atomic E-state index is 2.24. The average molecular weight is 352 g/mol. The van der Waals surface area contributed by atoms with E-state index in [4.69, 9.17) is 0 Å². The summed E-state index contributed by atoms with van der Waals surface area (Å²) < 4.78 is 0. The van der Waals surface area contributed by atoms with Crippen LogP contribution in [0.3, 0.4) is 0 Å². The first-order valence-corrected chi connectivity index (χ1v) is 6.15. The van der Waals surface area contributed by atoms with Gasteiger partial charge in [0.05, 0.1) is 0 Å². The van der Waals surface area contributed by atoms with Gasteiger partial charge in [0, 0.05) is 23.7 Å². The van der Waals surface area contributed by atoms with Crippen LogP contribution in [0.4, 0.5) is 0 Å². The number of fused-ring (bicyclic) bond motifs is 3. The molecule has 0 unspecified atom stereocenters. The molecule has 0 nitrogen and oxygen atoms in total. The molecule has 1 heteroatoms. The van der Waals surface area contributed by atoms with E-state index in [0.717, 1.165) is 0 Å². The van der Waals surface area contributed by atoms with Crippen molar-refractivity contribution in [2.75, 3.05) is 0 Å².